The Morgan fingerprint density at radius 2 is 1.67 bits per heavy atom. The number of carbonyl (C=O) groups excluding carboxylic acids is 2. The van der Waals surface area contributed by atoms with Crippen molar-refractivity contribution in [3.05, 3.63) is 101 Å². The first-order chi connectivity index (χ1) is 16.0. The third-order valence-electron chi connectivity index (χ3n) is 6.12. The number of nitrogens with zero attached hydrogens (tertiary/aromatic N) is 1. The van der Waals surface area contributed by atoms with Crippen LogP contribution in [-0.2, 0) is 4.74 Å². The molecule has 1 amide bonds. The number of aromatic nitrogens is 1. The van der Waals surface area contributed by atoms with Crippen LogP contribution < -0.4 is 5.32 Å². The summed E-state index contributed by atoms with van der Waals surface area (Å²) < 4.78 is 5.63. The van der Waals surface area contributed by atoms with Crippen molar-refractivity contribution in [3.63, 3.8) is 0 Å². The van der Waals surface area contributed by atoms with Crippen LogP contribution in [0, 0.1) is 0 Å². The van der Waals surface area contributed by atoms with Crippen LogP contribution in [0.3, 0.4) is 0 Å². The smallest absolute Gasteiger partial charge is 0.407 e. The maximum atomic E-state index is 12.6. The number of amides is 1. The van der Waals surface area contributed by atoms with Crippen molar-refractivity contribution >= 4 is 33.7 Å². The molecule has 0 saturated carbocycles. The number of halogens is 1. The molecule has 5 rings (SSSR count). The van der Waals surface area contributed by atoms with Crippen LogP contribution in [0.2, 0.25) is 0 Å². The van der Waals surface area contributed by atoms with Gasteiger partial charge in [-0.1, -0.05) is 60.7 Å². The molecule has 0 radical (unpaired) electrons. The van der Waals surface area contributed by atoms with E-state index in [1.54, 1.807) is 18.3 Å². The summed E-state index contributed by atoms with van der Waals surface area (Å²) in [6, 6.07) is 23.2. The van der Waals surface area contributed by atoms with Gasteiger partial charge in [0.1, 0.15) is 6.61 Å². The second kappa shape index (κ2) is 8.68. The van der Waals surface area contributed by atoms with Crippen LogP contribution in [0.1, 0.15) is 46.1 Å². The molecule has 0 saturated heterocycles. The molecule has 0 bridgehead atoms. The van der Waals surface area contributed by atoms with Crippen LogP contribution >= 0.6 is 11.6 Å². The monoisotopic (exact) mass is 456 g/mol. The summed E-state index contributed by atoms with van der Waals surface area (Å²) >= 11 is 5.66. The molecular weight excluding hydrogens is 436 g/mol. The van der Waals surface area contributed by atoms with Gasteiger partial charge in [-0.05, 0) is 58.3 Å². The van der Waals surface area contributed by atoms with Gasteiger partial charge in [0, 0.05) is 23.1 Å². The summed E-state index contributed by atoms with van der Waals surface area (Å²) in [4.78, 5) is 28.6. The standard InChI is InChI=1S/C27H21ClN2O3/c1-16(25-13-17-7-6-12-22(26(28)31)23(17)14-29-25)30-27(32)33-15-24-20-10-4-2-8-18(20)19-9-3-5-11-21(19)24/h2-14,16,24H,15H2,1H3,(H,30,32). The number of hydrogen-bond donors (Lipinski definition) is 1. The number of fused-ring (bicyclic) bond motifs is 4. The first-order valence-corrected chi connectivity index (χ1v) is 11.1. The lowest BCUT2D eigenvalue weighted by Crippen LogP contribution is -2.29. The summed E-state index contributed by atoms with van der Waals surface area (Å²) in [7, 11) is 0. The number of carbonyl (C=O) groups is 2. The Bertz CT molecular complexity index is 1340. The van der Waals surface area contributed by atoms with Gasteiger partial charge in [0.2, 0.25) is 0 Å². The van der Waals surface area contributed by atoms with E-state index in [0.717, 1.165) is 5.39 Å². The van der Waals surface area contributed by atoms with Gasteiger partial charge < -0.3 is 10.1 Å². The normalized spacial score (nSPS) is 13.3. The Labute approximate surface area is 196 Å². The molecule has 0 aliphatic heterocycles. The molecular formula is C27H21ClN2O3. The second-order valence-electron chi connectivity index (χ2n) is 8.10. The van der Waals surface area contributed by atoms with E-state index in [1.165, 1.54) is 22.3 Å². The molecule has 1 unspecified atom stereocenters. The van der Waals surface area contributed by atoms with Crippen molar-refractivity contribution in [2.24, 2.45) is 0 Å². The molecule has 3 aromatic carbocycles. The van der Waals surface area contributed by atoms with E-state index in [2.05, 4.69) is 34.6 Å². The molecule has 164 valence electrons. The lowest BCUT2D eigenvalue weighted by molar-refractivity contribution is 0.108. The fourth-order valence-corrected chi connectivity index (χ4v) is 4.65. The Hall–Kier alpha value is -3.70. The van der Waals surface area contributed by atoms with Gasteiger partial charge in [0.05, 0.1) is 11.7 Å². The highest BCUT2D eigenvalue weighted by Crippen LogP contribution is 2.44. The third kappa shape index (κ3) is 3.96. The van der Waals surface area contributed by atoms with Crippen molar-refractivity contribution in [1.29, 1.82) is 0 Å². The van der Waals surface area contributed by atoms with Gasteiger partial charge in [-0.15, -0.1) is 0 Å². The number of alkyl carbamates (subject to hydrolysis) is 1. The topological polar surface area (TPSA) is 68.3 Å². The van der Waals surface area contributed by atoms with Crippen molar-refractivity contribution in [2.45, 2.75) is 18.9 Å². The summed E-state index contributed by atoms with van der Waals surface area (Å²) in [6.07, 6.45) is 1.10. The average molecular weight is 457 g/mol. The van der Waals surface area contributed by atoms with Crippen molar-refractivity contribution in [3.8, 4) is 11.1 Å². The summed E-state index contributed by atoms with van der Waals surface area (Å²) in [5.41, 5.74) is 5.78. The Kier molecular flexibility index (Phi) is 5.56. The molecule has 6 heteroatoms. The molecule has 0 spiro atoms. The van der Waals surface area contributed by atoms with E-state index in [4.69, 9.17) is 16.3 Å². The molecule has 1 aromatic heterocycles. The maximum Gasteiger partial charge on any atom is 0.407 e. The molecule has 1 atom stereocenters. The summed E-state index contributed by atoms with van der Waals surface area (Å²) in [5.74, 6) is 0.00348. The predicted molar refractivity (Wildman–Crippen MR) is 129 cm³/mol. The number of pyridine rings is 1. The minimum absolute atomic E-state index is 0.00348. The van der Waals surface area contributed by atoms with Gasteiger partial charge in [0.25, 0.3) is 5.24 Å². The number of rotatable bonds is 5. The number of ether oxygens (including phenoxy) is 1. The number of nitrogens with one attached hydrogen (secondary N) is 1. The van der Waals surface area contributed by atoms with Gasteiger partial charge in [-0.25, -0.2) is 4.79 Å². The van der Waals surface area contributed by atoms with Crippen molar-refractivity contribution < 1.29 is 14.3 Å². The first-order valence-electron chi connectivity index (χ1n) is 10.7. The Morgan fingerprint density at radius 1 is 1.00 bits per heavy atom. The molecule has 5 nitrogen and oxygen atoms in total. The largest absolute Gasteiger partial charge is 0.449 e. The molecule has 1 aliphatic rings. The minimum Gasteiger partial charge on any atom is -0.449 e. The van der Waals surface area contributed by atoms with E-state index < -0.39 is 11.3 Å². The van der Waals surface area contributed by atoms with Crippen LogP contribution in [0.25, 0.3) is 21.9 Å². The lowest BCUT2D eigenvalue weighted by Gasteiger charge is -2.17. The first kappa shape index (κ1) is 21.2. The molecule has 1 heterocycles. The lowest BCUT2D eigenvalue weighted by atomic mass is 9.98. The quantitative estimate of drug-likeness (QED) is 0.362. The molecule has 1 N–H and O–H groups in total. The third-order valence-corrected chi connectivity index (χ3v) is 6.32. The van der Waals surface area contributed by atoms with Gasteiger partial charge in [0.15, 0.2) is 0 Å². The summed E-state index contributed by atoms with van der Waals surface area (Å²) in [5, 5.41) is 3.83. The highest BCUT2D eigenvalue weighted by molar-refractivity contribution is 6.68. The van der Waals surface area contributed by atoms with E-state index >= 15 is 0 Å². The number of hydrogen-bond acceptors (Lipinski definition) is 4. The van der Waals surface area contributed by atoms with Crippen LogP contribution in [-0.4, -0.2) is 22.9 Å². The molecule has 0 fully saturated rings. The van der Waals surface area contributed by atoms with Gasteiger partial charge in [-0.3, -0.25) is 9.78 Å². The molecule has 1 aliphatic carbocycles. The molecule has 4 aromatic rings. The molecule has 33 heavy (non-hydrogen) atoms. The van der Waals surface area contributed by atoms with Gasteiger partial charge in [-0.2, -0.15) is 0 Å². The minimum atomic E-state index is -0.528. The van der Waals surface area contributed by atoms with Crippen molar-refractivity contribution in [1.82, 2.24) is 10.3 Å². The average Bonchev–Trinajstić information content (AvgIpc) is 3.15. The van der Waals surface area contributed by atoms with E-state index in [9.17, 15) is 9.59 Å². The van der Waals surface area contributed by atoms with Gasteiger partial charge >= 0.3 is 6.09 Å². The highest BCUT2D eigenvalue weighted by Gasteiger charge is 2.29. The highest BCUT2D eigenvalue weighted by atomic mass is 35.5. The van der Waals surface area contributed by atoms with E-state index in [1.807, 2.05) is 43.3 Å². The fraction of sp³-hybridized carbons (Fsp3) is 0.148. The van der Waals surface area contributed by atoms with Crippen molar-refractivity contribution in [2.75, 3.05) is 6.61 Å². The van der Waals surface area contributed by atoms with Crippen LogP contribution in [0.15, 0.2) is 79.0 Å². The maximum absolute atomic E-state index is 12.6. The predicted octanol–water partition coefficient (Wildman–Crippen LogP) is 6.21. The van der Waals surface area contributed by atoms with Crippen LogP contribution in [0.4, 0.5) is 4.79 Å². The second-order valence-corrected chi connectivity index (χ2v) is 8.44. The van der Waals surface area contributed by atoms with Crippen LogP contribution in [0.5, 0.6) is 0 Å². The number of benzene rings is 3. The Balaban J connectivity index is 1.29. The zero-order chi connectivity index (χ0) is 22.9. The SMILES string of the molecule is CC(NC(=O)OCC1c2ccccc2-c2ccccc21)c1cc2cccc(C(=O)Cl)c2cn1. The zero-order valence-corrected chi connectivity index (χ0v) is 18.7. The fourth-order valence-electron chi connectivity index (χ4n) is 4.49. The zero-order valence-electron chi connectivity index (χ0n) is 17.9. The summed E-state index contributed by atoms with van der Waals surface area (Å²) in [6.45, 7) is 2.09. The van der Waals surface area contributed by atoms with E-state index in [-0.39, 0.29) is 18.6 Å². The Morgan fingerprint density at radius 3 is 2.33 bits per heavy atom. The van der Waals surface area contributed by atoms with E-state index in [0.29, 0.717) is 16.6 Å².